The van der Waals surface area contributed by atoms with E-state index in [4.69, 9.17) is 5.73 Å². The smallest absolute Gasteiger partial charge is 0.248 e. The highest BCUT2D eigenvalue weighted by Gasteiger charge is 2.26. The largest absolute Gasteiger partial charge is 0.367 e. The number of rotatable bonds is 5. The van der Waals surface area contributed by atoms with Gasteiger partial charge in [-0.15, -0.1) is 0 Å². The number of carbonyl (C=O) groups is 2. The summed E-state index contributed by atoms with van der Waals surface area (Å²) in [4.78, 5) is 27.7. The average Bonchev–Trinajstić information content (AvgIpc) is 2.68. The quantitative estimate of drug-likeness (QED) is 0.845. The van der Waals surface area contributed by atoms with E-state index in [0.29, 0.717) is 43.1 Å². The van der Waals surface area contributed by atoms with E-state index in [9.17, 15) is 14.0 Å². The number of nitrogens with two attached hydrogens (primary N) is 1. The Morgan fingerprint density at radius 1 is 1.04 bits per heavy atom. The zero-order chi connectivity index (χ0) is 19.4. The molecule has 142 valence electrons. The van der Waals surface area contributed by atoms with Crippen LogP contribution in [0.15, 0.2) is 48.5 Å². The lowest BCUT2D eigenvalue weighted by Crippen LogP contribution is -2.53. The van der Waals surface area contributed by atoms with Crippen LogP contribution in [-0.4, -0.2) is 48.9 Å². The van der Waals surface area contributed by atoms with Gasteiger partial charge >= 0.3 is 0 Å². The molecule has 1 fully saturated rings. The number of nitrogens with zero attached hydrogens (tertiary/aromatic N) is 2. The molecule has 0 aliphatic carbocycles. The molecule has 7 heteroatoms. The van der Waals surface area contributed by atoms with Gasteiger partial charge in [0.15, 0.2) is 0 Å². The van der Waals surface area contributed by atoms with Crippen molar-refractivity contribution in [2.24, 2.45) is 5.73 Å². The Balaban J connectivity index is 1.55. The van der Waals surface area contributed by atoms with Gasteiger partial charge in [0.2, 0.25) is 11.8 Å². The molecule has 2 aromatic carbocycles. The summed E-state index contributed by atoms with van der Waals surface area (Å²) in [5, 5.41) is 2.85. The third kappa shape index (κ3) is 4.43. The second-order valence-electron chi connectivity index (χ2n) is 6.58. The van der Waals surface area contributed by atoms with Crippen LogP contribution in [0.25, 0.3) is 0 Å². The number of nitrogens with one attached hydrogen (secondary N) is 1. The zero-order valence-corrected chi connectivity index (χ0v) is 15.2. The molecule has 0 spiro atoms. The second-order valence-corrected chi connectivity index (χ2v) is 6.58. The fraction of sp³-hybridized carbons (Fsp3) is 0.300. The van der Waals surface area contributed by atoms with Crippen molar-refractivity contribution in [1.29, 1.82) is 0 Å². The van der Waals surface area contributed by atoms with Crippen LogP contribution in [0.4, 0.5) is 15.8 Å². The van der Waals surface area contributed by atoms with E-state index in [2.05, 4.69) is 10.2 Å². The minimum atomic E-state index is -0.506. The lowest BCUT2D eigenvalue weighted by molar-refractivity contribution is -0.120. The number of amides is 2. The number of hydrogen-bond acceptors (Lipinski definition) is 4. The Morgan fingerprint density at radius 2 is 1.67 bits per heavy atom. The number of piperazine rings is 1. The van der Waals surface area contributed by atoms with E-state index >= 15 is 0 Å². The molecule has 1 saturated heterocycles. The monoisotopic (exact) mass is 370 g/mol. The van der Waals surface area contributed by atoms with Crippen molar-refractivity contribution in [3.63, 3.8) is 0 Å². The van der Waals surface area contributed by atoms with Gasteiger partial charge in [0.25, 0.3) is 0 Å². The molecule has 0 aromatic heterocycles. The van der Waals surface area contributed by atoms with Crippen LogP contribution in [0.5, 0.6) is 0 Å². The number of hydrogen-bond donors (Lipinski definition) is 2. The summed E-state index contributed by atoms with van der Waals surface area (Å²) in [6, 6.07) is 12.9. The molecule has 1 heterocycles. The highest BCUT2D eigenvalue weighted by atomic mass is 19.1. The van der Waals surface area contributed by atoms with E-state index in [0.717, 1.165) is 0 Å². The first-order valence-electron chi connectivity index (χ1n) is 8.90. The fourth-order valence-electron chi connectivity index (χ4n) is 3.19. The molecule has 3 rings (SSSR count). The molecular formula is C20H23FN4O2. The molecule has 0 radical (unpaired) electrons. The maximum absolute atomic E-state index is 13.9. The van der Waals surface area contributed by atoms with Crippen LogP contribution < -0.4 is 16.0 Å². The predicted molar refractivity (Wildman–Crippen MR) is 103 cm³/mol. The van der Waals surface area contributed by atoms with E-state index in [1.54, 1.807) is 36.4 Å². The summed E-state index contributed by atoms with van der Waals surface area (Å²) in [5.41, 5.74) is 6.82. The van der Waals surface area contributed by atoms with Gasteiger partial charge < -0.3 is 16.0 Å². The third-order valence-electron chi connectivity index (χ3n) is 4.87. The van der Waals surface area contributed by atoms with Crippen LogP contribution in [0.2, 0.25) is 0 Å². The van der Waals surface area contributed by atoms with Crippen molar-refractivity contribution in [2.75, 3.05) is 36.4 Å². The van der Waals surface area contributed by atoms with Crippen molar-refractivity contribution >= 4 is 23.2 Å². The Labute approximate surface area is 157 Å². The number of carbonyl (C=O) groups excluding carboxylic acids is 2. The van der Waals surface area contributed by atoms with Gasteiger partial charge in [0, 0.05) is 37.4 Å². The summed E-state index contributed by atoms with van der Waals surface area (Å²) in [6.07, 6.45) is 0. The maximum atomic E-state index is 13.9. The molecule has 1 aliphatic heterocycles. The van der Waals surface area contributed by atoms with Gasteiger partial charge in [0.1, 0.15) is 5.82 Å². The molecule has 0 saturated carbocycles. The number of primary amides is 1. The first-order chi connectivity index (χ1) is 13.0. The van der Waals surface area contributed by atoms with Crippen molar-refractivity contribution in [3.05, 3.63) is 59.9 Å². The van der Waals surface area contributed by atoms with Gasteiger partial charge in [-0.05, 0) is 43.3 Å². The summed E-state index contributed by atoms with van der Waals surface area (Å²) in [5.74, 6) is -0.855. The number of benzene rings is 2. The third-order valence-corrected chi connectivity index (χ3v) is 4.87. The maximum Gasteiger partial charge on any atom is 0.248 e. The summed E-state index contributed by atoms with van der Waals surface area (Å²) in [7, 11) is 0. The Morgan fingerprint density at radius 3 is 2.26 bits per heavy atom. The van der Waals surface area contributed by atoms with E-state index in [1.165, 1.54) is 6.07 Å². The summed E-state index contributed by atoms with van der Waals surface area (Å²) < 4.78 is 13.9. The standard InChI is InChI=1S/C20H23FN4O2/c1-14(20(27)23-16-8-6-15(7-9-16)19(22)26)24-10-12-25(13-11-24)18-5-3-2-4-17(18)21/h2-9,14H,10-13H2,1H3,(H2,22,26)(H,23,27)/t14-/m1/s1. The molecule has 27 heavy (non-hydrogen) atoms. The van der Waals surface area contributed by atoms with Crippen LogP contribution >= 0.6 is 0 Å². The number of para-hydroxylation sites is 1. The summed E-state index contributed by atoms with van der Waals surface area (Å²) >= 11 is 0. The van der Waals surface area contributed by atoms with Gasteiger partial charge in [-0.3, -0.25) is 14.5 Å². The normalized spacial score (nSPS) is 16.0. The van der Waals surface area contributed by atoms with Crippen LogP contribution in [0.3, 0.4) is 0 Å². The van der Waals surface area contributed by atoms with Gasteiger partial charge in [0.05, 0.1) is 11.7 Å². The van der Waals surface area contributed by atoms with Crippen LogP contribution in [0, 0.1) is 5.82 Å². The Bertz CT molecular complexity index is 817. The minimum Gasteiger partial charge on any atom is -0.367 e. The highest BCUT2D eigenvalue weighted by Crippen LogP contribution is 2.21. The van der Waals surface area contributed by atoms with Crippen molar-refractivity contribution in [3.8, 4) is 0 Å². The highest BCUT2D eigenvalue weighted by molar-refractivity contribution is 5.96. The van der Waals surface area contributed by atoms with E-state index in [-0.39, 0.29) is 17.8 Å². The number of halogens is 1. The van der Waals surface area contributed by atoms with Crippen molar-refractivity contribution in [1.82, 2.24) is 4.90 Å². The molecule has 0 bridgehead atoms. The first-order valence-corrected chi connectivity index (χ1v) is 8.90. The summed E-state index contributed by atoms with van der Waals surface area (Å²) in [6.45, 7) is 4.51. The molecular weight excluding hydrogens is 347 g/mol. The lowest BCUT2D eigenvalue weighted by Gasteiger charge is -2.38. The van der Waals surface area contributed by atoms with Gasteiger partial charge in [-0.2, -0.15) is 0 Å². The lowest BCUT2D eigenvalue weighted by atomic mass is 10.1. The van der Waals surface area contributed by atoms with E-state index < -0.39 is 5.91 Å². The molecule has 2 amide bonds. The Hall–Kier alpha value is -2.93. The number of anilines is 2. The predicted octanol–water partition coefficient (Wildman–Crippen LogP) is 2.07. The Kier molecular flexibility index (Phi) is 5.71. The molecule has 1 atom stereocenters. The van der Waals surface area contributed by atoms with Crippen LogP contribution in [0.1, 0.15) is 17.3 Å². The SMILES string of the molecule is C[C@H](C(=O)Nc1ccc(C(N)=O)cc1)N1CCN(c2ccccc2F)CC1. The van der Waals surface area contributed by atoms with Gasteiger partial charge in [-0.25, -0.2) is 4.39 Å². The zero-order valence-electron chi connectivity index (χ0n) is 15.2. The van der Waals surface area contributed by atoms with Crippen molar-refractivity contribution < 1.29 is 14.0 Å². The first kappa shape index (κ1) is 18.8. The molecule has 6 nitrogen and oxygen atoms in total. The molecule has 3 N–H and O–H groups in total. The van der Waals surface area contributed by atoms with Crippen LogP contribution in [-0.2, 0) is 4.79 Å². The van der Waals surface area contributed by atoms with Crippen molar-refractivity contribution in [2.45, 2.75) is 13.0 Å². The molecule has 0 unspecified atom stereocenters. The van der Waals surface area contributed by atoms with E-state index in [1.807, 2.05) is 17.9 Å². The molecule has 2 aromatic rings. The second kappa shape index (κ2) is 8.18. The average molecular weight is 370 g/mol. The van der Waals surface area contributed by atoms with Gasteiger partial charge in [-0.1, -0.05) is 12.1 Å². The minimum absolute atomic E-state index is 0.124. The topological polar surface area (TPSA) is 78.7 Å². The fourth-order valence-corrected chi connectivity index (χ4v) is 3.19. The molecule has 1 aliphatic rings.